The normalized spacial score (nSPS) is 14.4. The summed E-state index contributed by atoms with van der Waals surface area (Å²) in [5.41, 5.74) is 1.41. The molecule has 2 atom stereocenters. The van der Waals surface area contributed by atoms with Gasteiger partial charge in [0.2, 0.25) is 0 Å². The Morgan fingerprint density at radius 3 is 2.44 bits per heavy atom. The molecule has 0 fully saturated rings. The number of nitrogens with one attached hydrogen (secondary N) is 1. The topological polar surface area (TPSA) is 21.3 Å². The number of methoxy groups -OCH3 is 1. The van der Waals surface area contributed by atoms with E-state index in [1.54, 1.807) is 0 Å². The average Bonchev–Trinajstić information content (AvgIpc) is 2.43. The van der Waals surface area contributed by atoms with Crippen molar-refractivity contribution in [3.63, 3.8) is 0 Å². The van der Waals surface area contributed by atoms with Gasteiger partial charge in [-0.05, 0) is 37.8 Å². The van der Waals surface area contributed by atoms with E-state index >= 15 is 0 Å². The highest BCUT2D eigenvalue weighted by Crippen LogP contribution is 2.11. The Labute approximate surface area is 112 Å². The third-order valence-electron chi connectivity index (χ3n) is 3.40. The van der Waals surface area contributed by atoms with Crippen molar-refractivity contribution in [2.24, 2.45) is 0 Å². The molecule has 0 radical (unpaired) electrons. The van der Waals surface area contributed by atoms with E-state index in [9.17, 15) is 0 Å². The highest BCUT2D eigenvalue weighted by atomic mass is 16.5. The molecule has 1 rings (SSSR count). The minimum Gasteiger partial charge on any atom is -0.380 e. The summed E-state index contributed by atoms with van der Waals surface area (Å²) in [6, 6.07) is 11.1. The summed E-state index contributed by atoms with van der Waals surface area (Å²) in [6.07, 6.45) is 4.80. The van der Waals surface area contributed by atoms with Crippen LogP contribution < -0.4 is 5.32 Å². The molecule has 2 unspecified atom stereocenters. The van der Waals surface area contributed by atoms with Crippen LogP contribution in [0.4, 0.5) is 0 Å². The van der Waals surface area contributed by atoms with Crippen molar-refractivity contribution in [1.29, 1.82) is 0 Å². The summed E-state index contributed by atoms with van der Waals surface area (Å²) in [5, 5.41) is 3.62. The Balaban J connectivity index is 2.49. The van der Waals surface area contributed by atoms with Crippen LogP contribution in [0.2, 0.25) is 0 Å². The summed E-state index contributed by atoms with van der Waals surface area (Å²) in [6.45, 7) is 5.46. The maximum atomic E-state index is 5.58. The minimum atomic E-state index is 0.320. The fourth-order valence-electron chi connectivity index (χ4n) is 2.33. The molecule has 1 aromatic carbocycles. The highest BCUT2D eigenvalue weighted by Gasteiger charge is 2.18. The van der Waals surface area contributed by atoms with Crippen molar-refractivity contribution in [1.82, 2.24) is 5.32 Å². The van der Waals surface area contributed by atoms with Crippen molar-refractivity contribution in [2.45, 2.75) is 51.7 Å². The SMILES string of the molecule is CCCNC(CCc1ccccc1)C(CC)OC. The zero-order chi connectivity index (χ0) is 13.2. The van der Waals surface area contributed by atoms with Gasteiger partial charge in [0.05, 0.1) is 6.10 Å². The molecule has 0 heterocycles. The maximum absolute atomic E-state index is 5.58. The molecular weight excluding hydrogens is 222 g/mol. The van der Waals surface area contributed by atoms with Crippen LogP contribution in [-0.2, 0) is 11.2 Å². The third-order valence-corrected chi connectivity index (χ3v) is 3.40. The van der Waals surface area contributed by atoms with Gasteiger partial charge in [0.25, 0.3) is 0 Å². The van der Waals surface area contributed by atoms with E-state index in [-0.39, 0.29) is 0 Å². The van der Waals surface area contributed by atoms with Crippen LogP contribution in [0.25, 0.3) is 0 Å². The van der Waals surface area contributed by atoms with Gasteiger partial charge in [0.15, 0.2) is 0 Å². The minimum absolute atomic E-state index is 0.320. The second-order valence-electron chi connectivity index (χ2n) is 4.77. The van der Waals surface area contributed by atoms with Gasteiger partial charge in [-0.25, -0.2) is 0 Å². The van der Waals surface area contributed by atoms with E-state index in [0.29, 0.717) is 12.1 Å². The molecule has 0 aliphatic rings. The lowest BCUT2D eigenvalue weighted by Gasteiger charge is -2.26. The maximum Gasteiger partial charge on any atom is 0.0721 e. The van der Waals surface area contributed by atoms with E-state index in [0.717, 1.165) is 25.8 Å². The standard InChI is InChI=1S/C16H27NO/c1-4-13-17-15(16(5-2)18-3)12-11-14-9-7-6-8-10-14/h6-10,15-17H,4-5,11-13H2,1-3H3. The summed E-state index contributed by atoms with van der Waals surface area (Å²) >= 11 is 0. The van der Waals surface area contributed by atoms with Gasteiger partial charge in [-0.1, -0.05) is 44.2 Å². The molecule has 1 aromatic rings. The lowest BCUT2D eigenvalue weighted by atomic mass is 9.99. The Morgan fingerprint density at radius 2 is 1.89 bits per heavy atom. The Hall–Kier alpha value is -0.860. The molecule has 0 aromatic heterocycles. The van der Waals surface area contributed by atoms with Crippen molar-refractivity contribution in [2.75, 3.05) is 13.7 Å². The number of ether oxygens (including phenoxy) is 1. The third kappa shape index (κ3) is 5.19. The lowest BCUT2D eigenvalue weighted by molar-refractivity contribution is 0.0626. The molecule has 2 nitrogen and oxygen atoms in total. The van der Waals surface area contributed by atoms with Crippen LogP contribution in [0.1, 0.15) is 38.7 Å². The highest BCUT2D eigenvalue weighted by molar-refractivity contribution is 5.14. The van der Waals surface area contributed by atoms with Gasteiger partial charge in [0, 0.05) is 13.2 Å². The Morgan fingerprint density at radius 1 is 1.17 bits per heavy atom. The second kappa shape index (κ2) is 9.12. The number of hydrogen-bond donors (Lipinski definition) is 1. The monoisotopic (exact) mass is 249 g/mol. The van der Waals surface area contributed by atoms with Crippen molar-refractivity contribution in [3.05, 3.63) is 35.9 Å². The van der Waals surface area contributed by atoms with E-state index in [1.807, 2.05) is 7.11 Å². The van der Waals surface area contributed by atoms with E-state index in [4.69, 9.17) is 4.74 Å². The molecule has 0 aliphatic carbocycles. The van der Waals surface area contributed by atoms with Crippen LogP contribution in [-0.4, -0.2) is 25.8 Å². The molecule has 0 saturated heterocycles. The van der Waals surface area contributed by atoms with Crippen molar-refractivity contribution < 1.29 is 4.74 Å². The van der Waals surface area contributed by atoms with Crippen molar-refractivity contribution >= 4 is 0 Å². The molecule has 0 aliphatic heterocycles. The van der Waals surface area contributed by atoms with E-state index in [2.05, 4.69) is 49.5 Å². The molecule has 0 amide bonds. The van der Waals surface area contributed by atoms with Crippen molar-refractivity contribution in [3.8, 4) is 0 Å². The largest absolute Gasteiger partial charge is 0.380 e. The van der Waals surface area contributed by atoms with Crippen LogP contribution in [0.3, 0.4) is 0 Å². The van der Waals surface area contributed by atoms with Gasteiger partial charge in [-0.2, -0.15) is 0 Å². The quantitative estimate of drug-likeness (QED) is 0.724. The lowest BCUT2D eigenvalue weighted by Crippen LogP contribution is -2.41. The molecule has 0 spiro atoms. The first kappa shape index (κ1) is 15.2. The second-order valence-corrected chi connectivity index (χ2v) is 4.77. The van der Waals surface area contributed by atoms with Crippen LogP contribution in [0.5, 0.6) is 0 Å². The summed E-state index contributed by atoms with van der Waals surface area (Å²) in [7, 11) is 1.82. The predicted octanol–water partition coefficient (Wildman–Crippen LogP) is 3.41. The fourth-order valence-corrected chi connectivity index (χ4v) is 2.33. The molecule has 1 N–H and O–H groups in total. The molecule has 102 valence electrons. The van der Waals surface area contributed by atoms with Crippen LogP contribution in [0, 0.1) is 0 Å². The van der Waals surface area contributed by atoms with E-state index < -0.39 is 0 Å². The fraction of sp³-hybridized carbons (Fsp3) is 0.625. The predicted molar refractivity (Wildman–Crippen MR) is 77.9 cm³/mol. The summed E-state index contributed by atoms with van der Waals surface area (Å²) in [4.78, 5) is 0. The first-order valence-electron chi connectivity index (χ1n) is 7.11. The molecule has 18 heavy (non-hydrogen) atoms. The number of rotatable bonds is 9. The first-order valence-corrected chi connectivity index (χ1v) is 7.11. The smallest absolute Gasteiger partial charge is 0.0721 e. The van der Waals surface area contributed by atoms with Gasteiger partial charge < -0.3 is 10.1 Å². The van der Waals surface area contributed by atoms with Crippen LogP contribution in [0.15, 0.2) is 30.3 Å². The van der Waals surface area contributed by atoms with Gasteiger partial charge in [0.1, 0.15) is 0 Å². The molecule has 0 bridgehead atoms. The van der Waals surface area contributed by atoms with Gasteiger partial charge in [-0.15, -0.1) is 0 Å². The Kier molecular flexibility index (Phi) is 7.70. The van der Waals surface area contributed by atoms with Gasteiger partial charge >= 0.3 is 0 Å². The summed E-state index contributed by atoms with van der Waals surface area (Å²) < 4.78 is 5.58. The zero-order valence-corrected chi connectivity index (χ0v) is 12.0. The summed E-state index contributed by atoms with van der Waals surface area (Å²) in [5.74, 6) is 0. The first-order chi connectivity index (χ1) is 8.81. The van der Waals surface area contributed by atoms with Crippen LogP contribution >= 0.6 is 0 Å². The van der Waals surface area contributed by atoms with E-state index in [1.165, 1.54) is 12.0 Å². The number of benzene rings is 1. The average molecular weight is 249 g/mol. The molecular formula is C16H27NO. The zero-order valence-electron chi connectivity index (χ0n) is 12.0. The Bertz CT molecular complexity index is 295. The number of aryl methyl sites for hydroxylation is 1. The van der Waals surface area contributed by atoms with Gasteiger partial charge in [-0.3, -0.25) is 0 Å². The molecule has 0 saturated carbocycles. The molecule has 2 heteroatoms. The number of hydrogen-bond acceptors (Lipinski definition) is 2.